The molecule has 5 heteroatoms. The molecule has 0 bridgehead atoms. The molecule has 5 nitrogen and oxygen atoms in total. The first-order chi connectivity index (χ1) is 11.6. The van der Waals surface area contributed by atoms with Crippen molar-refractivity contribution >= 4 is 6.03 Å². The highest BCUT2D eigenvalue weighted by atomic mass is 16.5. The second kappa shape index (κ2) is 9.52. The Hall–Kier alpha value is -1.75. The standard InChI is InChI=1S/C19H31N3O2/c1-15-11-16(2)14-22(13-15)10-6-9-20-19(23)21-12-17-7-4-5-8-18(17)24-3/h4-5,7-8,15-16H,6,9-14H2,1-3H3,(H2,20,21,23). The summed E-state index contributed by atoms with van der Waals surface area (Å²) in [4.78, 5) is 14.4. The fourth-order valence-electron chi connectivity index (χ4n) is 3.57. The lowest BCUT2D eigenvalue weighted by molar-refractivity contribution is 0.139. The minimum Gasteiger partial charge on any atom is -0.496 e. The average Bonchev–Trinajstić information content (AvgIpc) is 2.56. The van der Waals surface area contributed by atoms with Crippen molar-refractivity contribution in [1.82, 2.24) is 15.5 Å². The van der Waals surface area contributed by atoms with Crippen LogP contribution >= 0.6 is 0 Å². The molecule has 24 heavy (non-hydrogen) atoms. The topological polar surface area (TPSA) is 53.6 Å². The van der Waals surface area contributed by atoms with Crippen molar-refractivity contribution in [2.24, 2.45) is 11.8 Å². The molecule has 1 aromatic carbocycles. The summed E-state index contributed by atoms with van der Waals surface area (Å²) in [5.41, 5.74) is 0.978. The predicted molar refractivity (Wildman–Crippen MR) is 97.2 cm³/mol. The lowest BCUT2D eigenvalue weighted by Crippen LogP contribution is -2.41. The quantitative estimate of drug-likeness (QED) is 0.755. The van der Waals surface area contributed by atoms with E-state index in [1.54, 1.807) is 7.11 Å². The van der Waals surface area contributed by atoms with Crippen LogP contribution in [-0.2, 0) is 6.54 Å². The van der Waals surface area contributed by atoms with Crippen molar-refractivity contribution in [3.05, 3.63) is 29.8 Å². The molecule has 0 aromatic heterocycles. The van der Waals surface area contributed by atoms with Crippen molar-refractivity contribution in [3.63, 3.8) is 0 Å². The molecule has 1 fully saturated rings. The number of methoxy groups -OCH3 is 1. The SMILES string of the molecule is COc1ccccc1CNC(=O)NCCCN1CC(C)CC(C)C1. The van der Waals surface area contributed by atoms with Crippen LogP contribution in [0.5, 0.6) is 5.75 Å². The molecule has 134 valence electrons. The number of ether oxygens (including phenoxy) is 1. The van der Waals surface area contributed by atoms with E-state index in [1.807, 2.05) is 24.3 Å². The van der Waals surface area contributed by atoms with Gasteiger partial charge in [0, 0.05) is 31.7 Å². The minimum absolute atomic E-state index is 0.124. The van der Waals surface area contributed by atoms with Gasteiger partial charge in [-0.05, 0) is 37.3 Å². The Morgan fingerprint density at radius 3 is 2.62 bits per heavy atom. The van der Waals surface area contributed by atoms with Crippen LogP contribution in [-0.4, -0.2) is 44.2 Å². The van der Waals surface area contributed by atoms with Gasteiger partial charge in [-0.15, -0.1) is 0 Å². The van der Waals surface area contributed by atoms with E-state index in [2.05, 4.69) is 29.4 Å². The van der Waals surface area contributed by atoms with Crippen molar-refractivity contribution < 1.29 is 9.53 Å². The smallest absolute Gasteiger partial charge is 0.315 e. The highest BCUT2D eigenvalue weighted by molar-refractivity contribution is 5.73. The van der Waals surface area contributed by atoms with E-state index in [0.29, 0.717) is 13.1 Å². The number of hydrogen-bond donors (Lipinski definition) is 2. The summed E-state index contributed by atoms with van der Waals surface area (Å²) in [5, 5.41) is 5.82. The number of para-hydroxylation sites is 1. The summed E-state index contributed by atoms with van der Waals surface area (Å²) in [6, 6.07) is 7.59. The molecule has 0 radical (unpaired) electrons. The first-order valence-electron chi connectivity index (χ1n) is 8.94. The Bertz CT molecular complexity index is 511. The van der Waals surface area contributed by atoms with Gasteiger partial charge < -0.3 is 20.3 Å². The summed E-state index contributed by atoms with van der Waals surface area (Å²) in [5.74, 6) is 2.36. The second-order valence-electron chi connectivity index (χ2n) is 6.98. The van der Waals surface area contributed by atoms with Crippen LogP contribution in [0, 0.1) is 11.8 Å². The largest absolute Gasteiger partial charge is 0.496 e. The number of benzene rings is 1. The molecule has 1 aromatic rings. The Morgan fingerprint density at radius 2 is 1.92 bits per heavy atom. The molecule has 2 rings (SSSR count). The zero-order valence-electron chi connectivity index (χ0n) is 15.2. The zero-order chi connectivity index (χ0) is 17.4. The molecule has 1 saturated heterocycles. The number of urea groups is 1. The summed E-state index contributed by atoms with van der Waals surface area (Å²) >= 11 is 0. The molecular weight excluding hydrogens is 302 g/mol. The van der Waals surface area contributed by atoms with E-state index in [-0.39, 0.29) is 6.03 Å². The summed E-state index contributed by atoms with van der Waals surface area (Å²) < 4.78 is 5.28. The molecule has 1 heterocycles. The van der Waals surface area contributed by atoms with Crippen LogP contribution in [0.25, 0.3) is 0 Å². The third kappa shape index (κ3) is 6.04. The molecule has 0 spiro atoms. The van der Waals surface area contributed by atoms with Crippen LogP contribution in [0.2, 0.25) is 0 Å². The maximum Gasteiger partial charge on any atom is 0.315 e. The van der Waals surface area contributed by atoms with Gasteiger partial charge in [0.15, 0.2) is 0 Å². The van der Waals surface area contributed by atoms with Crippen LogP contribution in [0.1, 0.15) is 32.3 Å². The molecule has 1 aliphatic heterocycles. The van der Waals surface area contributed by atoms with E-state index in [0.717, 1.165) is 36.1 Å². The van der Waals surface area contributed by atoms with Gasteiger partial charge in [-0.1, -0.05) is 32.0 Å². The third-order valence-electron chi connectivity index (χ3n) is 4.51. The number of piperidine rings is 1. The van der Waals surface area contributed by atoms with Crippen LogP contribution in [0.15, 0.2) is 24.3 Å². The van der Waals surface area contributed by atoms with Crippen LogP contribution in [0.4, 0.5) is 4.79 Å². The monoisotopic (exact) mass is 333 g/mol. The molecule has 0 aliphatic carbocycles. The van der Waals surface area contributed by atoms with E-state index < -0.39 is 0 Å². The van der Waals surface area contributed by atoms with E-state index in [4.69, 9.17) is 4.74 Å². The van der Waals surface area contributed by atoms with Gasteiger partial charge in [-0.2, -0.15) is 0 Å². The van der Waals surface area contributed by atoms with Gasteiger partial charge in [0.25, 0.3) is 0 Å². The fourth-order valence-corrected chi connectivity index (χ4v) is 3.57. The maximum atomic E-state index is 11.9. The van der Waals surface area contributed by atoms with Crippen molar-refractivity contribution in [2.45, 2.75) is 33.2 Å². The number of amides is 2. The van der Waals surface area contributed by atoms with Crippen molar-refractivity contribution in [1.29, 1.82) is 0 Å². The first kappa shape index (κ1) is 18.6. The number of carbonyl (C=O) groups is 1. The molecule has 0 saturated carbocycles. The van der Waals surface area contributed by atoms with E-state index in [9.17, 15) is 4.79 Å². The molecule has 1 aliphatic rings. The number of rotatable bonds is 7. The van der Waals surface area contributed by atoms with Gasteiger partial charge in [0.05, 0.1) is 7.11 Å². The van der Waals surface area contributed by atoms with E-state index in [1.165, 1.54) is 19.5 Å². The van der Waals surface area contributed by atoms with Gasteiger partial charge in [0.2, 0.25) is 0 Å². The molecule has 2 atom stereocenters. The number of nitrogens with zero attached hydrogens (tertiary/aromatic N) is 1. The highest BCUT2D eigenvalue weighted by Gasteiger charge is 2.20. The molecule has 2 N–H and O–H groups in total. The number of nitrogens with one attached hydrogen (secondary N) is 2. The minimum atomic E-state index is -0.124. The Balaban J connectivity index is 1.61. The zero-order valence-corrected chi connectivity index (χ0v) is 15.2. The summed E-state index contributed by atoms with van der Waals surface area (Å²) in [6.07, 6.45) is 2.32. The molecule has 2 unspecified atom stereocenters. The van der Waals surface area contributed by atoms with Crippen LogP contribution < -0.4 is 15.4 Å². The summed E-state index contributed by atoms with van der Waals surface area (Å²) in [7, 11) is 1.64. The predicted octanol–water partition coefficient (Wildman–Crippen LogP) is 2.86. The normalized spacial score (nSPS) is 21.3. The van der Waals surface area contributed by atoms with E-state index >= 15 is 0 Å². The second-order valence-corrected chi connectivity index (χ2v) is 6.98. The molecule has 2 amide bonds. The van der Waals surface area contributed by atoms with Gasteiger partial charge in [0.1, 0.15) is 5.75 Å². The number of carbonyl (C=O) groups excluding carboxylic acids is 1. The lowest BCUT2D eigenvalue weighted by Gasteiger charge is -2.34. The number of hydrogen-bond acceptors (Lipinski definition) is 3. The maximum absolute atomic E-state index is 11.9. The van der Waals surface area contributed by atoms with Gasteiger partial charge in [-0.25, -0.2) is 4.79 Å². The van der Waals surface area contributed by atoms with Gasteiger partial charge in [-0.3, -0.25) is 0 Å². The third-order valence-corrected chi connectivity index (χ3v) is 4.51. The fraction of sp³-hybridized carbons (Fsp3) is 0.632. The molecular formula is C19H31N3O2. The lowest BCUT2D eigenvalue weighted by atomic mass is 9.92. The van der Waals surface area contributed by atoms with Gasteiger partial charge >= 0.3 is 6.03 Å². The highest BCUT2D eigenvalue weighted by Crippen LogP contribution is 2.20. The van der Waals surface area contributed by atoms with Crippen LogP contribution in [0.3, 0.4) is 0 Å². The van der Waals surface area contributed by atoms with Crippen molar-refractivity contribution in [3.8, 4) is 5.75 Å². The Labute approximate surface area is 145 Å². The first-order valence-corrected chi connectivity index (χ1v) is 8.94. The summed E-state index contributed by atoms with van der Waals surface area (Å²) in [6.45, 7) is 9.25. The number of likely N-dealkylation sites (tertiary alicyclic amines) is 1. The Kier molecular flexibility index (Phi) is 7.37. The average molecular weight is 333 g/mol. The van der Waals surface area contributed by atoms with Crippen molar-refractivity contribution in [2.75, 3.05) is 33.3 Å². The Morgan fingerprint density at radius 1 is 1.21 bits per heavy atom.